The molecule has 0 N–H and O–H groups in total. The largest absolute Gasteiger partial charge is 0.372 e. The van der Waals surface area contributed by atoms with Gasteiger partial charge in [0, 0.05) is 16.1 Å². The van der Waals surface area contributed by atoms with Crippen LogP contribution in [-0.4, -0.2) is 5.91 Å². The Morgan fingerprint density at radius 1 is 1.35 bits per heavy atom. The zero-order valence-corrected chi connectivity index (χ0v) is 13.1. The molecule has 6 heteroatoms. The maximum Gasteiger partial charge on any atom is 0.264 e. The zero-order chi connectivity index (χ0) is 16.4. The molecular weight excluding hydrogens is 320 g/mol. The Kier molecular flexibility index (Phi) is 4.54. The van der Waals surface area contributed by atoms with Crippen LogP contribution in [0.1, 0.15) is 28.0 Å². The van der Waals surface area contributed by atoms with Crippen molar-refractivity contribution in [3.8, 4) is 0 Å². The summed E-state index contributed by atoms with van der Waals surface area (Å²) in [6.07, 6.45) is -1.27. The Bertz CT molecular complexity index is 742. The first-order chi connectivity index (χ1) is 11.1. The maximum atomic E-state index is 12.7. The lowest BCUT2D eigenvalue weighted by atomic mass is 10.1. The van der Waals surface area contributed by atoms with Gasteiger partial charge in [0.15, 0.2) is 0 Å². The molecule has 1 aromatic heterocycles. The molecule has 0 radical (unpaired) electrons. The summed E-state index contributed by atoms with van der Waals surface area (Å²) in [4.78, 5) is 14.4. The number of hydrogen-bond acceptors (Lipinski definition) is 3. The van der Waals surface area contributed by atoms with Crippen LogP contribution in [-0.2, 0) is 29.3 Å². The lowest BCUT2D eigenvalue weighted by Gasteiger charge is -2.21. The highest BCUT2D eigenvalue weighted by molar-refractivity contribution is 7.10. The van der Waals surface area contributed by atoms with Crippen LogP contribution in [0.2, 0.25) is 0 Å². The Morgan fingerprint density at radius 3 is 2.83 bits per heavy atom. The van der Waals surface area contributed by atoms with E-state index in [9.17, 15) is 13.6 Å². The number of benzene rings is 1. The minimum atomic E-state index is -2.50. The normalized spacial score (nSPS) is 13.2. The topological polar surface area (TPSA) is 29.5 Å². The van der Waals surface area contributed by atoms with E-state index in [2.05, 4.69) is 6.58 Å². The predicted octanol–water partition coefficient (Wildman–Crippen LogP) is 4.44. The fraction of sp³-hybridized carbons (Fsp3) is 0.235. The molecule has 1 amide bonds. The lowest BCUT2D eigenvalue weighted by Crippen LogP contribution is -2.28. The number of nitrogens with zero attached hydrogens (tertiary/aromatic N) is 1. The highest BCUT2D eigenvalue weighted by Gasteiger charge is 2.19. The van der Waals surface area contributed by atoms with E-state index < -0.39 is 6.43 Å². The number of halogens is 2. The van der Waals surface area contributed by atoms with Crippen LogP contribution in [0.15, 0.2) is 42.3 Å². The molecule has 0 fully saturated rings. The van der Waals surface area contributed by atoms with Crippen LogP contribution in [0.5, 0.6) is 0 Å². The maximum absolute atomic E-state index is 12.7. The van der Waals surface area contributed by atoms with E-state index in [1.54, 1.807) is 0 Å². The molecule has 2 heterocycles. The van der Waals surface area contributed by atoms with E-state index >= 15 is 0 Å². The van der Waals surface area contributed by atoms with Crippen molar-refractivity contribution in [2.45, 2.75) is 26.2 Å². The third-order valence-electron chi connectivity index (χ3n) is 3.70. The van der Waals surface area contributed by atoms with Gasteiger partial charge < -0.3 is 9.64 Å². The average molecular weight is 335 g/mol. The first-order valence-electron chi connectivity index (χ1n) is 7.07. The summed E-state index contributed by atoms with van der Waals surface area (Å²) in [6.45, 7) is 4.86. The Labute approximate surface area is 136 Å². The van der Waals surface area contributed by atoms with E-state index in [0.717, 1.165) is 11.1 Å². The van der Waals surface area contributed by atoms with Crippen LogP contribution in [0.3, 0.4) is 0 Å². The number of anilines is 1. The number of rotatable bonds is 5. The molecule has 3 nitrogen and oxygen atoms in total. The summed E-state index contributed by atoms with van der Waals surface area (Å²) in [7, 11) is 0. The quantitative estimate of drug-likeness (QED) is 0.756. The van der Waals surface area contributed by atoms with Crippen molar-refractivity contribution in [2.75, 3.05) is 4.90 Å². The molecule has 2 aromatic rings. The van der Waals surface area contributed by atoms with Gasteiger partial charge >= 0.3 is 0 Å². The number of fused-ring (bicyclic) bond motifs is 1. The van der Waals surface area contributed by atoms with Crippen LogP contribution in [0.4, 0.5) is 14.5 Å². The van der Waals surface area contributed by atoms with Gasteiger partial charge in [-0.25, -0.2) is 8.78 Å². The average Bonchev–Trinajstić information content (AvgIpc) is 3.20. The summed E-state index contributed by atoms with van der Waals surface area (Å²) < 4.78 is 30.8. The minimum absolute atomic E-state index is 0.0154. The molecular formula is C17H15F2NO2S. The van der Waals surface area contributed by atoms with Crippen LogP contribution < -0.4 is 4.90 Å². The molecule has 0 unspecified atom stereocenters. The second-order valence-electron chi connectivity index (χ2n) is 5.22. The van der Waals surface area contributed by atoms with Gasteiger partial charge in [-0.3, -0.25) is 4.79 Å². The number of amides is 1. The summed E-state index contributed by atoms with van der Waals surface area (Å²) >= 11 is 1.22. The molecule has 1 aliphatic heterocycles. The van der Waals surface area contributed by atoms with Crippen molar-refractivity contribution in [2.24, 2.45) is 0 Å². The smallest absolute Gasteiger partial charge is 0.264 e. The van der Waals surface area contributed by atoms with Crippen molar-refractivity contribution in [1.29, 1.82) is 0 Å². The number of thiophene rings is 1. The number of alkyl halides is 2. The van der Waals surface area contributed by atoms with Gasteiger partial charge in [0.05, 0.1) is 19.8 Å². The summed E-state index contributed by atoms with van der Waals surface area (Å²) in [5.74, 6) is -0.268. The Hall–Kier alpha value is -2.05. The second kappa shape index (κ2) is 6.60. The summed E-state index contributed by atoms with van der Waals surface area (Å²) in [5.41, 5.74) is 2.85. The lowest BCUT2D eigenvalue weighted by molar-refractivity contribution is -0.114. The zero-order valence-electron chi connectivity index (χ0n) is 12.3. The van der Waals surface area contributed by atoms with Crippen LogP contribution >= 0.6 is 11.3 Å². The summed E-state index contributed by atoms with van der Waals surface area (Å²) in [5, 5.41) is 1.42. The molecule has 0 aliphatic carbocycles. The first-order valence-corrected chi connectivity index (χ1v) is 7.95. The second-order valence-corrected chi connectivity index (χ2v) is 6.22. The predicted molar refractivity (Wildman–Crippen MR) is 85.6 cm³/mol. The molecule has 0 atom stereocenters. The van der Waals surface area contributed by atoms with Crippen LogP contribution in [0.25, 0.3) is 0 Å². The number of hydrogen-bond donors (Lipinski definition) is 0. The molecule has 0 saturated carbocycles. The van der Waals surface area contributed by atoms with E-state index in [0.29, 0.717) is 23.8 Å². The van der Waals surface area contributed by atoms with E-state index in [1.165, 1.54) is 33.8 Å². The van der Waals surface area contributed by atoms with Crippen LogP contribution in [0, 0.1) is 0 Å². The fourth-order valence-corrected chi connectivity index (χ4v) is 3.35. The highest BCUT2D eigenvalue weighted by Crippen LogP contribution is 2.29. The molecule has 0 saturated heterocycles. The molecule has 1 aliphatic rings. The van der Waals surface area contributed by atoms with E-state index in [-0.39, 0.29) is 18.0 Å². The molecule has 0 bridgehead atoms. The van der Waals surface area contributed by atoms with Gasteiger partial charge in [0.1, 0.15) is 0 Å². The molecule has 120 valence electrons. The monoisotopic (exact) mass is 335 g/mol. The van der Waals surface area contributed by atoms with E-state index in [4.69, 9.17) is 4.74 Å². The third kappa shape index (κ3) is 3.33. The SMILES string of the molecule is C=CC(=O)N(Cc1cc(C(F)F)cs1)c1ccc2c(c1)COC2. The minimum Gasteiger partial charge on any atom is -0.372 e. The molecule has 1 aromatic carbocycles. The van der Waals surface area contributed by atoms with Crippen molar-refractivity contribution in [3.05, 3.63) is 63.9 Å². The van der Waals surface area contributed by atoms with Gasteiger partial charge in [0.2, 0.25) is 0 Å². The van der Waals surface area contributed by atoms with Crippen molar-refractivity contribution < 1.29 is 18.3 Å². The van der Waals surface area contributed by atoms with E-state index in [1.807, 2.05) is 18.2 Å². The van der Waals surface area contributed by atoms with Gasteiger partial charge in [-0.1, -0.05) is 12.6 Å². The molecule has 23 heavy (non-hydrogen) atoms. The highest BCUT2D eigenvalue weighted by atomic mass is 32.1. The third-order valence-corrected chi connectivity index (χ3v) is 4.64. The number of carbonyl (C=O) groups excluding carboxylic acids is 1. The standard InChI is InChI=1S/C17H15F2NO2S/c1-2-16(21)20(7-15-6-13(10-23-15)17(18)19)14-4-3-11-8-22-9-12(11)5-14/h2-6,10,17H,1,7-9H2. The van der Waals surface area contributed by atoms with Crippen molar-refractivity contribution in [1.82, 2.24) is 0 Å². The summed E-state index contributed by atoms with van der Waals surface area (Å²) in [6, 6.07) is 7.12. The van der Waals surface area contributed by atoms with Crippen molar-refractivity contribution >= 4 is 22.9 Å². The first kappa shape index (κ1) is 15.8. The Morgan fingerprint density at radius 2 is 2.13 bits per heavy atom. The van der Waals surface area contributed by atoms with Crippen molar-refractivity contribution in [3.63, 3.8) is 0 Å². The Balaban J connectivity index is 1.88. The fourth-order valence-electron chi connectivity index (χ4n) is 2.48. The van der Waals surface area contributed by atoms with Gasteiger partial charge in [-0.2, -0.15) is 0 Å². The number of ether oxygens (including phenoxy) is 1. The number of carbonyl (C=O) groups is 1. The van der Waals surface area contributed by atoms with Gasteiger partial charge in [0.25, 0.3) is 12.3 Å². The molecule has 0 spiro atoms. The molecule has 3 rings (SSSR count). The van der Waals surface area contributed by atoms with Gasteiger partial charge in [-0.05, 0) is 40.8 Å². The van der Waals surface area contributed by atoms with Gasteiger partial charge in [-0.15, -0.1) is 11.3 Å².